The van der Waals surface area contributed by atoms with E-state index in [1.165, 1.54) is 6.07 Å². The zero-order valence-electron chi connectivity index (χ0n) is 17.9. The highest BCUT2D eigenvalue weighted by atomic mass is 35.5. The SMILES string of the molecule is Cc1cc(-c2ccccc2F)ccc1-c1nc(-c2ccc(CNCCC(=O)O)cc2)no1.Cl. The second-order valence-electron chi connectivity index (χ2n) is 7.45. The zero-order chi connectivity index (χ0) is 22.5. The third kappa shape index (κ3) is 5.83. The number of aryl methyl sites for hydroxylation is 1. The van der Waals surface area contributed by atoms with E-state index >= 15 is 0 Å². The lowest BCUT2D eigenvalue weighted by atomic mass is 9.99. The van der Waals surface area contributed by atoms with Gasteiger partial charge in [0.05, 0.1) is 6.42 Å². The summed E-state index contributed by atoms with van der Waals surface area (Å²) in [7, 11) is 0. The Balaban J connectivity index is 0.00000306. The largest absolute Gasteiger partial charge is 0.481 e. The van der Waals surface area contributed by atoms with E-state index in [-0.39, 0.29) is 24.6 Å². The first-order valence-corrected chi connectivity index (χ1v) is 10.2. The molecule has 0 aliphatic carbocycles. The Kier molecular flexibility index (Phi) is 7.92. The molecule has 0 amide bonds. The molecule has 0 fully saturated rings. The van der Waals surface area contributed by atoms with E-state index in [1.54, 1.807) is 12.1 Å². The lowest BCUT2D eigenvalue weighted by molar-refractivity contribution is -0.136. The van der Waals surface area contributed by atoms with Crippen LogP contribution in [0.15, 0.2) is 71.3 Å². The van der Waals surface area contributed by atoms with Gasteiger partial charge in [-0.3, -0.25) is 4.79 Å². The average molecular weight is 468 g/mol. The summed E-state index contributed by atoms with van der Waals surface area (Å²) < 4.78 is 19.6. The van der Waals surface area contributed by atoms with E-state index in [4.69, 9.17) is 9.63 Å². The number of aromatic nitrogens is 2. The Morgan fingerprint density at radius 1 is 1.03 bits per heavy atom. The normalized spacial score (nSPS) is 10.6. The predicted molar refractivity (Wildman–Crippen MR) is 127 cm³/mol. The number of benzene rings is 3. The fraction of sp³-hybridized carbons (Fsp3) is 0.160. The molecule has 170 valence electrons. The van der Waals surface area contributed by atoms with Crippen molar-refractivity contribution >= 4 is 18.4 Å². The number of carboxylic acid groups (broad SMARTS) is 1. The van der Waals surface area contributed by atoms with Crippen LogP contribution in [0.1, 0.15) is 17.5 Å². The molecule has 0 aliphatic rings. The molecule has 0 saturated heterocycles. The maximum Gasteiger partial charge on any atom is 0.304 e. The number of carbonyl (C=O) groups is 1. The zero-order valence-corrected chi connectivity index (χ0v) is 18.7. The van der Waals surface area contributed by atoms with Crippen molar-refractivity contribution < 1.29 is 18.8 Å². The molecule has 1 aromatic heterocycles. The van der Waals surface area contributed by atoms with Gasteiger partial charge in [-0.2, -0.15) is 4.98 Å². The molecule has 4 rings (SSSR count). The second-order valence-corrected chi connectivity index (χ2v) is 7.45. The molecule has 4 aromatic rings. The molecule has 2 N–H and O–H groups in total. The van der Waals surface area contributed by atoms with Gasteiger partial charge >= 0.3 is 5.97 Å². The minimum absolute atomic E-state index is 0. The number of aliphatic carboxylic acids is 1. The molecule has 0 unspecified atom stereocenters. The number of nitrogens with zero attached hydrogens (tertiary/aromatic N) is 2. The van der Waals surface area contributed by atoms with Gasteiger partial charge in [-0.25, -0.2) is 4.39 Å². The molecule has 33 heavy (non-hydrogen) atoms. The van der Waals surface area contributed by atoms with Gasteiger partial charge in [0, 0.05) is 29.8 Å². The second kappa shape index (κ2) is 10.8. The number of nitrogens with one attached hydrogen (secondary N) is 1. The molecular formula is C25H23ClFN3O3. The molecule has 0 radical (unpaired) electrons. The van der Waals surface area contributed by atoms with Crippen molar-refractivity contribution in [2.75, 3.05) is 6.54 Å². The number of hydrogen-bond acceptors (Lipinski definition) is 5. The van der Waals surface area contributed by atoms with E-state index in [9.17, 15) is 9.18 Å². The summed E-state index contributed by atoms with van der Waals surface area (Å²) in [4.78, 5) is 15.1. The smallest absolute Gasteiger partial charge is 0.304 e. The van der Waals surface area contributed by atoms with Crippen molar-refractivity contribution in [1.29, 1.82) is 0 Å². The Labute approximate surface area is 196 Å². The molecule has 8 heteroatoms. The summed E-state index contributed by atoms with van der Waals surface area (Å²) in [5, 5.41) is 15.9. The van der Waals surface area contributed by atoms with E-state index < -0.39 is 5.97 Å². The third-order valence-electron chi connectivity index (χ3n) is 5.12. The monoisotopic (exact) mass is 467 g/mol. The average Bonchev–Trinajstić information content (AvgIpc) is 3.27. The number of halogens is 2. The standard InChI is InChI=1S/C25H22FN3O3.ClH/c1-16-14-19(21-4-2-3-5-22(21)26)10-11-20(16)25-28-24(29-32-25)18-8-6-17(7-9-18)15-27-13-12-23(30)31;/h2-11,14,27H,12-13,15H2,1H3,(H,30,31);1H. The van der Waals surface area contributed by atoms with E-state index in [1.807, 2.05) is 55.5 Å². The van der Waals surface area contributed by atoms with Crippen LogP contribution in [0.3, 0.4) is 0 Å². The lowest BCUT2D eigenvalue weighted by Crippen LogP contribution is -2.17. The van der Waals surface area contributed by atoms with Crippen LogP contribution in [0.25, 0.3) is 34.0 Å². The first-order valence-electron chi connectivity index (χ1n) is 10.2. The highest BCUT2D eigenvalue weighted by Gasteiger charge is 2.14. The quantitative estimate of drug-likeness (QED) is 0.332. The van der Waals surface area contributed by atoms with Gasteiger partial charge in [0.15, 0.2) is 0 Å². The highest BCUT2D eigenvalue weighted by molar-refractivity contribution is 5.85. The topological polar surface area (TPSA) is 88.2 Å². The van der Waals surface area contributed by atoms with Crippen molar-refractivity contribution in [3.05, 3.63) is 83.7 Å². The summed E-state index contributed by atoms with van der Waals surface area (Å²) >= 11 is 0. The molecular weight excluding hydrogens is 445 g/mol. The van der Waals surface area contributed by atoms with Crippen LogP contribution in [-0.2, 0) is 11.3 Å². The van der Waals surface area contributed by atoms with Crippen LogP contribution in [0.5, 0.6) is 0 Å². The Bertz CT molecular complexity index is 1240. The highest BCUT2D eigenvalue weighted by Crippen LogP contribution is 2.30. The fourth-order valence-corrected chi connectivity index (χ4v) is 3.42. The van der Waals surface area contributed by atoms with Gasteiger partial charge in [-0.05, 0) is 35.7 Å². The summed E-state index contributed by atoms with van der Waals surface area (Å²) in [6, 6.07) is 20.0. The van der Waals surface area contributed by atoms with Gasteiger partial charge in [0.2, 0.25) is 5.82 Å². The maximum atomic E-state index is 14.1. The Hall–Kier alpha value is -3.55. The predicted octanol–water partition coefficient (Wildman–Crippen LogP) is 5.50. The Morgan fingerprint density at radius 2 is 1.76 bits per heavy atom. The van der Waals surface area contributed by atoms with Gasteiger partial charge in [0.1, 0.15) is 5.82 Å². The minimum atomic E-state index is -0.821. The summed E-state index contributed by atoms with van der Waals surface area (Å²) in [6.07, 6.45) is 0.0877. The van der Waals surface area contributed by atoms with Crippen LogP contribution in [0.4, 0.5) is 4.39 Å². The van der Waals surface area contributed by atoms with Crippen molar-refractivity contribution in [1.82, 2.24) is 15.5 Å². The number of rotatable bonds is 8. The summed E-state index contributed by atoms with van der Waals surface area (Å²) in [6.45, 7) is 2.93. The van der Waals surface area contributed by atoms with Crippen LogP contribution in [0.2, 0.25) is 0 Å². The van der Waals surface area contributed by atoms with Crippen molar-refractivity contribution in [2.24, 2.45) is 0 Å². The van der Waals surface area contributed by atoms with E-state index in [0.717, 1.165) is 27.8 Å². The van der Waals surface area contributed by atoms with Gasteiger partial charge in [0.25, 0.3) is 5.89 Å². The molecule has 0 aliphatic heterocycles. The molecule has 0 spiro atoms. The van der Waals surface area contributed by atoms with Crippen molar-refractivity contribution in [2.45, 2.75) is 19.9 Å². The van der Waals surface area contributed by atoms with Crippen LogP contribution >= 0.6 is 12.4 Å². The maximum absolute atomic E-state index is 14.1. The summed E-state index contributed by atoms with van der Waals surface area (Å²) in [5.74, 6) is -0.210. The third-order valence-corrected chi connectivity index (χ3v) is 5.12. The molecule has 0 bridgehead atoms. The van der Waals surface area contributed by atoms with Crippen molar-refractivity contribution in [3.63, 3.8) is 0 Å². The number of hydrogen-bond donors (Lipinski definition) is 2. The molecule has 1 heterocycles. The van der Waals surface area contributed by atoms with E-state index in [2.05, 4.69) is 15.5 Å². The minimum Gasteiger partial charge on any atom is -0.481 e. The molecule has 3 aromatic carbocycles. The molecule has 0 saturated carbocycles. The van der Waals surface area contributed by atoms with Crippen molar-refractivity contribution in [3.8, 4) is 34.0 Å². The van der Waals surface area contributed by atoms with E-state index in [0.29, 0.717) is 30.4 Å². The van der Waals surface area contributed by atoms with Crippen LogP contribution in [-0.4, -0.2) is 27.8 Å². The fourth-order valence-electron chi connectivity index (χ4n) is 3.42. The summed E-state index contributed by atoms with van der Waals surface area (Å²) in [5.41, 5.74) is 4.88. The van der Waals surface area contributed by atoms with Crippen LogP contribution in [0, 0.1) is 12.7 Å². The lowest BCUT2D eigenvalue weighted by Gasteiger charge is -2.07. The van der Waals surface area contributed by atoms with Gasteiger partial charge in [-0.1, -0.05) is 59.8 Å². The van der Waals surface area contributed by atoms with Gasteiger partial charge < -0.3 is 14.9 Å². The van der Waals surface area contributed by atoms with Crippen LogP contribution < -0.4 is 5.32 Å². The molecule has 0 atom stereocenters. The molecule has 6 nitrogen and oxygen atoms in total. The first kappa shape index (κ1) is 24.1. The van der Waals surface area contributed by atoms with Gasteiger partial charge in [-0.15, -0.1) is 12.4 Å². The number of carboxylic acids is 1. The Morgan fingerprint density at radius 3 is 2.45 bits per heavy atom. The first-order chi connectivity index (χ1) is 15.5.